The fraction of sp³-hybridized carbons (Fsp3) is 0.538. The Morgan fingerprint density at radius 1 is 1.50 bits per heavy atom. The summed E-state index contributed by atoms with van der Waals surface area (Å²) in [5.41, 5.74) is 2.94. The topological polar surface area (TPSA) is 47.3 Å². The molecule has 1 aromatic rings. The van der Waals surface area contributed by atoms with E-state index in [1.807, 2.05) is 13.8 Å². The number of benzene rings is 1. The predicted molar refractivity (Wildman–Crippen MR) is 71.9 cm³/mol. The first-order valence-electron chi connectivity index (χ1n) is 5.84. The van der Waals surface area contributed by atoms with Gasteiger partial charge in [0.25, 0.3) is 0 Å². The van der Waals surface area contributed by atoms with Crippen molar-refractivity contribution in [3.63, 3.8) is 0 Å². The van der Waals surface area contributed by atoms with E-state index in [9.17, 15) is 4.39 Å². The maximum Gasteiger partial charge on any atom is 0.145 e. The van der Waals surface area contributed by atoms with Gasteiger partial charge in [-0.05, 0) is 38.3 Å². The molecule has 0 heterocycles. The van der Waals surface area contributed by atoms with Crippen LogP contribution in [0.5, 0.6) is 0 Å². The summed E-state index contributed by atoms with van der Waals surface area (Å²) < 4.78 is 19.1. The van der Waals surface area contributed by atoms with E-state index in [0.29, 0.717) is 18.4 Å². The van der Waals surface area contributed by atoms with Crippen LogP contribution in [0.4, 0.5) is 4.39 Å². The molecule has 0 fully saturated rings. The Kier molecular flexibility index (Phi) is 5.53. The van der Waals surface area contributed by atoms with Crippen molar-refractivity contribution in [2.24, 2.45) is 5.84 Å². The molecule has 0 saturated carbocycles. The van der Waals surface area contributed by atoms with Crippen molar-refractivity contribution in [1.82, 2.24) is 5.43 Å². The number of rotatable bonds is 6. The summed E-state index contributed by atoms with van der Waals surface area (Å²) in [7, 11) is 1.65. The molecule has 0 radical (unpaired) electrons. The van der Waals surface area contributed by atoms with Crippen molar-refractivity contribution in [3.8, 4) is 0 Å². The Morgan fingerprint density at radius 2 is 2.17 bits per heavy atom. The van der Waals surface area contributed by atoms with Crippen LogP contribution in [0.25, 0.3) is 0 Å². The molecule has 0 spiro atoms. The number of hydrogen-bond acceptors (Lipinski definition) is 3. The summed E-state index contributed by atoms with van der Waals surface area (Å²) in [6.07, 6.45) is 1.14. The van der Waals surface area contributed by atoms with Gasteiger partial charge in [-0.1, -0.05) is 23.7 Å². The van der Waals surface area contributed by atoms with Crippen LogP contribution < -0.4 is 11.3 Å². The molecule has 0 saturated heterocycles. The van der Waals surface area contributed by atoms with Crippen molar-refractivity contribution in [3.05, 3.63) is 34.6 Å². The van der Waals surface area contributed by atoms with E-state index in [4.69, 9.17) is 22.2 Å². The molecule has 3 nitrogen and oxygen atoms in total. The molecule has 1 rings (SSSR count). The summed E-state index contributed by atoms with van der Waals surface area (Å²) in [4.78, 5) is 0. The molecule has 1 aromatic carbocycles. The molecule has 1 unspecified atom stereocenters. The Balaban J connectivity index is 2.77. The molecule has 1 atom stereocenters. The van der Waals surface area contributed by atoms with Crippen LogP contribution in [0, 0.1) is 5.82 Å². The Bertz CT molecular complexity index is 399. The van der Waals surface area contributed by atoms with Gasteiger partial charge >= 0.3 is 0 Å². The molecule has 0 aliphatic heterocycles. The van der Waals surface area contributed by atoms with E-state index < -0.39 is 0 Å². The maximum absolute atomic E-state index is 13.8. The minimum Gasteiger partial charge on any atom is -0.379 e. The number of hydrogen-bond donors (Lipinski definition) is 2. The molecule has 0 aromatic heterocycles. The lowest BCUT2D eigenvalue weighted by atomic mass is 9.94. The number of methoxy groups -OCH3 is 1. The average molecular weight is 275 g/mol. The first-order chi connectivity index (χ1) is 8.39. The monoisotopic (exact) mass is 274 g/mol. The zero-order chi connectivity index (χ0) is 13.8. The van der Waals surface area contributed by atoms with E-state index in [1.54, 1.807) is 19.2 Å². The molecule has 5 heteroatoms. The van der Waals surface area contributed by atoms with E-state index in [2.05, 4.69) is 5.43 Å². The molecule has 0 aliphatic rings. The number of nitrogens with two attached hydrogens (primary N) is 1. The Labute approximate surface area is 112 Å². The van der Waals surface area contributed by atoms with Crippen LogP contribution >= 0.6 is 11.6 Å². The van der Waals surface area contributed by atoms with Crippen molar-refractivity contribution >= 4 is 11.6 Å². The summed E-state index contributed by atoms with van der Waals surface area (Å²) in [5.74, 6) is 5.13. The lowest BCUT2D eigenvalue weighted by molar-refractivity contribution is 0.00704. The highest BCUT2D eigenvalue weighted by atomic mass is 35.5. The zero-order valence-electron chi connectivity index (χ0n) is 11.0. The second-order valence-corrected chi connectivity index (χ2v) is 5.36. The van der Waals surface area contributed by atoms with E-state index in [-0.39, 0.29) is 22.5 Å². The van der Waals surface area contributed by atoms with Gasteiger partial charge in [-0.3, -0.25) is 11.3 Å². The van der Waals surface area contributed by atoms with Crippen LogP contribution in [-0.4, -0.2) is 18.8 Å². The van der Waals surface area contributed by atoms with Gasteiger partial charge in [-0.2, -0.15) is 0 Å². The molecular weight excluding hydrogens is 255 g/mol. The second-order valence-electron chi connectivity index (χ2n) is 4.95. The normalized spacial score (nSPS) is 13.7. The second kappa shape index (κ2) is 6.48. The van der Waals surface area contributed by atoms with E-state index in [0.717, 1.165) is 0 Å². The molecule has 18 heavy (non-hydrogen) atoms. The van der Waals surface area contributed by atoms with Crippen molar-refractivity contribution in [1.29, 1.82) is 0 Å². The summed E-state index contributed by atoms with van der Waals surface area (Å²) >= 11 is 5.75. The smallest absolute Gasteiger partial charge is 0.145 e. The van der Waals surface area contributed by atoms with Gasteiger partial charge in [0.2, 0.25) is 0 Å². The summed E-state index contributed by atoms with van der Waals surface area (Å²) in [6.45, 7) is 3.93. The molecule has 0 aliphatic carbocycles. The van der Waals surface area contributed by atoms with Crippen molar-refractivity contribution in [2.45, 2.75) is 38.3 Å². The van der Waals surface area contributed by atoms with Gasteiger partial charge in [0.1, 0.15) is 5.82 Å². The fourth-order valence-corrected chi connectivity index (χ4v) is 2.03. The quantitative estimate of drug-likeness (QED) is 0.619. The molecule has 102 valence electrons. The third-order valence-corrected chi connectivity index (χ3v) is 3.32. The number of halogens is 2. The minimum absolute atomic E-state index is 0.0760. The van der Waals surface area contributed by atoms with E-state index in [1.165, 1.54) is 6.07 Å². The Morgan fingerprint density at radius 3 is 2.72 bits per heavy atom. The summed E-state index contributed by atoms with van der Waals surface area (Å²) in [5, 5.41) is 0.134. The van der Waals surface area contributed by atoms with Gasteiger partial charge in [-0.15, -0.1) is 0 Å². The Hall–Kier alpha value is -0.680. The minimum atomic E-state index is -0.380. The molecule has 3 N–H and O–H groups in total. The SMILES string of the molecule is COC(C)(C)CC(Cc1cccc(Cl)c1F)NN. The fourth-order valence-electron chi connectivity index (χ4n) is 1.84. The highest BCUT2D eigenvalue weighted by Crippen LogP contribution is 2.22. The third kappa shape index (κ3) is 4.21. The number of nitrogens with one attached hydrogen (secondary N) is 1. The van der Waals surface area contributed by atoms with Crippen LogP contribution in [0.1, 0.15) is 25.8 Å². The molecular formula is C13H20ClFN2O. The number of ether oxygens (including phenoxy) is 1. The van der Waals surface area contributed by atoms with Gasteiger partial charge in [0, 0.05) is 13.2 Å². The maximum atomic E-state index is 13.8. The van der Waals surface area contributed by atoms with Gasteiger partial charge in [0.15, 0.2) is 0 Å². The largest absolute Gasteiger partial charge is 0.379 e. The van der Waals surface area contributed by atoms with Crippen LogP contribution in [-0.2, 0) is 11.2 Å². The average Bonchev–Trinajstić information content (AvgIpc) is 2.33. The summed E-state index contributed by atoms with van der Waals surface area (Å²) in [6, 6.07) is 4.90. The molecule has 0 bridgehead atoms. The lowest BCUT2D eigenvalue weighted by Crippen LogP contribution is -2.42. The van der Waals surface area contributed by atoms with Gasteiger partial charge in [-0.25, -0.2) is 4.39 Å². The van der Waals surface area contributed by atoms with Crippen molar-refractivity contribution in [2.75, 3.05) is 7.11 Å². The zero-order valence-corrected chi connectivity index (χ0v) is 11.7. The van der Waals surface area contributed by atoms with Crippen LogP contribution in [0.2, 0.25) is 5.02 Å². The van der Waals surface area contributed by atoms with E-state index >= 15 is 0 Å². The van der Waals surface area contributed by atoms with Gasteiger partial charge < -0.3 is 4.74 Å². The lowest BCUT2D eigenvalue weighted by Gasteiger charge is -2.28. The van der Waals surface area contributed by atoms with Gasteiger partial charge in [0.05, 0.1) is 10.6 Å². The van der Waals surface area contributed by atoms with Crippen molar-refractivity contribution < 1.29 is 9.13 Å². The van der Waals surface area contributed by atoms with Crippen LogP contribution in [0.15, 0.2) is 18.2 Å². The standard InChI is InChI=1S/C13H20ClFN2O/c1-13(2,18-3)8-10(17-16)7-9-5-4-6-11(14)12(9)15/h4-6,10,17H,7-8,16H2,1-3H3. The first-order valence-corrected chi connectivity index (χ1v) is 6.21. The number of hydrazine groups is 1. The third-order valence-electron chi connectivity index (χ3n) is 3.02. The predicted octanol–water partition coefficient (Wildman–Crippen LogP) is 2.67. The first kappa shape index (κ1) is 15.4. The molecule has 0 amide bonds. The highest BCUT2D eigenvalue weighted by molar-refractivity contribution is 6.30. The van der Waals surface area contributed by atoms with Crippen LogP contribution in [0.3, 0.4) is 0 Å². The highest BCUT2D eigenvalue weighted by Gasteiger charge is 2.23.